The molecule has 15 nitrogen and oxygen atoms in total. The Morgan fingerprint density at radius 3 is 2.15 bits per heavy atom. The van der Waals surface area contributed by atoms with E-state index in [1.807, 2.05) is 0 Å². The van der Waals surface area contributed by atoms with Crippen LogP contribution in [0.4, 0.5) is 0 Å². The minimum atomic E-state index is -1.86. The number of aldehydes is 1. The Morgan fingerprint density at radius 1 is 1.06 bits per heavy atom. The van der Waals surface area contributed by atoms with Gasteiger partial charge in [-0.1, -0.05) is 0 Å². The number of carbonyl (C=O) groups excluding carboxylic acids is 4. The Hall–Kier alpha value is -3.14. The summed E-state index contributed by atoms with van der Waals surface area (Å²) in [5, 5.41) is 53.1. The van der Waals surface area contributed by atoms with Crippen molar-refractivity contribution in [3.8, 4) is 0 Å². The first-order valence-corrected chi connectivity index (χ1v) is 10.2. The van der Waals surface area contributed by atoms with Gasteiger partial charge in [0.25, 0.3) is 0 Å². The van der Waals surface area contributed by atoms with Gasteiger partial charge < -0.3 is 51.0 Å². The molecule has 0 aliphatic heterocycles. The Kier molecular flexibility index (Phi) is 14.2. The molecule has 0 spiro atoms. The number of ether oxygens (including phenoxy) is 1. The van der Waals surface area contributed by atoms with Crippen LogP contribution < -0.4 is 16.0 Å². The fraction of sp³-hybridized carbons (Fsp3) is 0.684. The zero-order valence-corrected chi connectivity index (χ0v) is 18.7. The quantitative estimate of drug-likeness (QED) is 0.0902. The van der Waals surface area contributed by atoms with E-state index in [1.165, 1.54) is 6.92 Å². The topological polar surface area (TPSA) is 249 Å². The SMILES string of the molecule is CC(=O)N[C@@H](C=O)[C@@H](OCC(=O)NC(C)C(=O)NCC(CCC(=O)O)C(=O)O)[C@H](O)[C@H](O)CO. The van der Waals surface area contributed by atoms with Crippen molar-refractivity contribution in [2.45, 2.75) is 57.1 Å². The fourth-order valence-corrected chi connectivity index (χ4v) is 2.68. The smallest absolute Gasteiger partial charge is 0.308 e. The molecular weight excluding hydrogens is 462 g/mol. The van der Waals surface area contributed by atoms with Crippen molar-refractivity contribution in [2.75, 3.05) is 19.8 Å². The van der Waals surface area contributed by atoms with Crippen molar-refractivity contribution in [3.63, 3.8) is 0 Å². The minimum absolute atomic E-state index is 0.205. The third kappa shape index (κ3) is 11.6. The minimum Gasteiger partial charge on any atom is -0.481 e. The summed E-state index contributed by atoms with van der Waals surface area (Å²) in [7, 11) is 0. The zero-order valence-electron chi connectivity index (χ0n) is 18.7. The maximum absolute atomic E-state index is 12.1. The first kappa shape index (κ1) is 30.9. The van der Waals surface area contributed by atoms with Gasteiger partial charge in [-0.15, -0.1) is 0 Å². The Bertz CT molecular complexity index is 731. The van der Waals surface area contributed by atoms with Gasteiger partial charge in [-0.2, -0.15) is 0 Å². The number of carbonyl (C=O) groups is 6. The van der Waals surface area contributed by atoms with Crippen LogP contribution in [0.15, 0.2) is 0 Å². The molecule has 0 saturated carbocycles. The Morgan fingerprint density at radius 2 is 1.68 bits per heavy atom. The number of hydrogen-bond donors (Lipinski definition) is 8. The third-order valence-electron chi connectivity index (χ3n) is 4.54. The predicted octanol–water partition coefficient (Wildman–Crippen LogP) is -4.02. The molecule has 0 rings (SSSR count). The molecule has 0 saturated heterocycles. The largest absolute Gasteiger partial charge is 0.481 e. The van der Waals surface area contributed by atoms with Gasteiger partial charge in [-0.05, 0) is 13.3 Å². The number of carboxylic acids is 2. The van der Waals surface area contributed by atoms with Crippen molar-refractivity contribution in [1.82, 2.24) is 16.0 Å². The summed E-state index contributed by atoms with van der Waals surface area (Å²) in [6.45, 7) is 0.250. The number of nitrogens with one attached hydrogen (secondary N) is 3. The van der Waals surface area contributed by atoms with Crippen molar-refractivity contribution in [3.05, 3.63) is 0 Å². The number of hydrogen-bond acceptors (Lipinski definition) is 10. The number of aliphatic hydroxyl groups excluding tert-OH is 3. The van der Waals surface area contributed by atoms with Gasteiger partial charge in [-0.25, -0.2) is 0 Å². The van der Waals surface area contributed by atoms with E-state index in [9.17, 15) is 39.0 Å². The zero-order chi connectivity index (χ0) is 26.4. The Labute approximate surface area is 194 Å². The van der Waals surface area contributed by atoms with Gasteiger partial charge in [0.05, 0.1) is 12.5 Å². The normalized spacial score (nSPS) is 16.1. The average Bonchev–Trinajstić information content (AvgIpc) is 2.76. The highest BCUT2D eigenvalue weighted by molar-refractivity contribution is 5.88. The second-order valence-corrected chi connectivity index (χ2v) is 7.38. The van der Waals surface area contributed by atoms with Crippen molar-refractivity contribution in [2.24, 2.45) is 5.92 Å². The molecule has 2 unspecified atom stereocenters. The second-order valence-electron chi connectivity index (χ2n) is 7.38. The summed E-state index contributed by atoms with van der Waals surface area (Å²) >= 11 is 0. The van der Waals surface area contributed by atoms with Crippen LogP contribution in [0.1, 0.15) is 26.7 Å². The highest BCUT2D eigenvalue weighted by Crippen LogP contribution is 2.10. The maximum atomic E-state index is 12.1. The van der Waals surface area contributed by atoms with E-state index in [0.717, 1.165) is 6.92 Å². The van der Waals surface area contributed by atoms with Gasteiger partial charge in [-0.3, -0.25) is 24.0 Å². The molecule has 0 aliphatic carbocycles. The van der Waals surface area contributed by atoms with E-state index >= 15 is 0 Å². The lowest BCUT2D eigenvalue weighted by atomic mass is 10.0. The molecule has 0 aromatic heterocycles. The summed E-state index contributed by atoms with van der Waals surface area (Å²) in [6, 6.07) is -2.64. The number of amides is 3. The number of aliphatic hydroxyl groups is 3. The van der Waals surface area contributed by atoms with E-state index < -0.39 is 85.6 Å². The van der Waals surface area contributed by atoms with Crippen LogP contribution >= 0.6 is 0 Å². The van der Waals surface area contributed by atoms with Crippen LogP contribution in [0, 0.1) is 5.92 Å². The lowest BCUT2D eigenvalue weighted by Crippen LogP contribution is -2.55. The van der Waals surface area contributed by atoms with Crippen LogP contribution in [0.2, 0.25) is 0 Å². The average molecular weight is 493 g/mol. The molecule has 0 aromatic carbocycles. The molecule has 6 atom stereocenters. The first-order valence-electron chi connectivity index (χ1n) is 10.2. The molecule has 0 radical (unpaired) electrons. The monoisotopic (exact) mass is 493 g/mol. The summed E-state index contributed by atoms with van der Waals surface area (Å²) < 4.78 is 5.16. The standard InChI is InChI=1S/C19H31N3O12/c1-9(18(31)20-5-11(19(32)33)3-4-15(28)29)21-14(27)8-34-17(16(30)13(26)7-24)12(6-23)22-10(2)25/h6,9,11-13,16-17,24,26,30H,3-5,7-8H2,1-2H3,(H,20,31)(H,21,27)(H,22,25)(H,28,29)(H,32,33)/t9?,11?,12-,13+,16+,17+/m0/s1. The van der Waals surface area contributed by atoms with Crippen molar-refractivity contribution in [1.29, 1.82) is 0 Å². The van der Waals surface area contributed by atoms with E-state index in [-0.39, 0.29) is 19.3 Å². The van der Waals surface area contributed by atoms with E-state index in [1.54, 1.807) is 0 Å². The van der Waals surface area contributed by atoms with E-state index in [0.29, 0.717) is 0 Å². The number of aliphatic carboxylic acids is 2. The maximum Gasteiger partial charge on any atom is 0.308 e. The second kappa shape index (κ2) is 15.7. The summed E-state index contributed by atoms with van der Waals surface area (Å²) in [6.07, 6.45) is -5.65. The van der Waals surface area contributed by atoms with Gasteiger partial charge in [0.2, 0.25) is 17.7 Å². The lowest BCUT2D eigenvalue weighted by molar-refractivity contribution is -0.146. The van der Waals surface area contributed by atoms with Gasteiger partial charge >= 0.3 is 11.9 Å². The molecule has 8 N–H and O–H groups in total. The third-order valence-corrected chi connectivity index (χ3v) is 4.54. The van der Waals surface area contributed by atoms with Crippen LogP contribution in [-0.4, -0.2) is 112 Å². The fourth-order valence-electron chi connectivity index (χ4n) is 2.68. The highest BCUT2D eigenvalue weighted by atomic mass is 16.5. The number of carboxylic acid groups (broad SMARTS) is 2. The van der Waals surface area contributed by atoms with E-state index in [2.05, 4.69) is 16.0 Å². The van der Waals surface area contributed by atoms with Crippen molar-refractivity contribution < 1.29 is 59.0 Å². The molecule has 0 aliphatic rings. The predicted molar refractivity (Wildman–Crippen MR) is 111 cm³/mol. The van der Waals surface area contributed by atoms with Crippen LogP contribution in [0.25, 0.3) is 0 Å². The summed E-state index contributed by atoms with van der Waals surface area (Å²) in [4.78, 5) is 68.6. The van der Waals surface area contributed by atoms with Crippen LogP contribution in [-0.2, 0) is 33.5 Å². The van der Waals surface area contributed by atoms with Crippen molar-refractivity contribution >= 4 is 35.9 Å². The number of rotatable bonds is 17. The molecule has 15 heteroatoms. The molecule has 0 heterocycles. The molecule has 0 bridgehead atoms. The van der Waals surface area contributed by atoms with Crippen LogP contribution in [0.3, 0.4) is 0 Å². The van der Waals surface area contributed by atoms with Gasteiger partial charge in [0, 0.05) is 19.9 Å². The first-order chi connectivity index (χ1) is 15.8. The molecule has 0 fully saturated rings. The molecule has 3 amide bonds. The lowest BCUT2D eigenvalue weighted by Gasteiger charge is -2.30. The van der Waals surface area contributed by atoms with E-state index in [4.69, 9.17) is 20.1 Å². The van der Waals surface area contributed by atoms with Gasteiger partial charge in [0.15, 0.2) is 0 Å². The summed E-state index contributed by atoms with van der Waals surface area (Å²) in [5.74, 6) is -5.99. The van der Waals surface area contributed by atoms with Gasteiger partial charge in [0.1, 0.15) is 43.3 Å². The molecular formula is C19H31N3O12. The Balaban J connectivity index is 4.94. The highest BCUT2D eigenvalue weighted by Gasteiger charge is 2.35. The van der Waals surface area contributed by atoms with Crippen LogP contribution in [0.5, 0.6) is 0 Å². The summed E-state index contributed by atoms with van der Waals surface area (Å²) in [5.41, 5.74) is 0. The molecule has 34 heavy (non-hydrogen) atoms. The molecule has 194 valence electrons. The molecule has 0 aromatic rings.